The van der Waals surface area contributed by atoms with Gasteiger partial charge in [0.2, 0.25) is 0 Å². The quantitative estimate of drug-likeness (QED) is 0.235. The molecule has 1 fully saturated rings. The molecule has 1 amide bonds. The van der Waals surface area contributed by atoms with Gasteiger partial charge in [-0.25, -0.2) is 0 Å². The SMILES string of the molecule is Cc1ccc(/C(O)=C2\C(=O)C(=O)N(c3ccccc3O)C2c2c[nH]c3ccccc23)cc1C. The highest BCUT2D eigenvalue weighted by atomic mass is 16.3. The highest BCUT2D eigenvalue weighted by Gasteiger charge is 2.48. The van der Waals surface area contributed by atoms with Gasteiger partial charge in [0, 0.05) is 28.2 Å². The molecule has 4 aromatic rings. The third-order valence-electron chi connectivity index (χ3n) is 6.28. The molecule has 0 saturated carbocycles. The average Bonchev–Trinajstić information content (AvgIpc) is 3.34. The number of phenols is 1. The smallest absolute Gasteiger partial charge is 0.300 e. The molecule has 0 aliphatic carbocycles. The van der Waals surface area contributed by atoms with Crippen molar-refractivity contribution in [1.82, 2.24) is 4.98 Å². The van der Waals surface area contributed by atoms with Crippen molar-refractivity contribution in [2.75, 3.05) is 4.90 Å². The van der Waals surface area contributed by atoms with Crippen LogP contribution >= 0.6 is 0 Å². The van der Waals surface area contributed by atoms with Crippen LogP contribution in [0.2, 0.25) is 0 Å². The van der Waals surface area contributed by atoms with Crippen LogP contribution in [-0.4, -0.2) is 26.9 Å². The molecule has 3 N–H and O–H groups in total. The van der Waals surface area contributed by atoms with Crippen molar-refractivity contribution in [2.45, 2.75) is 19.9 Å². The number of aliphatic hydroxyl groups excluding tert-OH is 1. The predicted octanol–water partition coefficient (Wildman–Crippen LogP) is 5.12. The summed E-state index contributed by atoms with van der Waals surface area (Å²) in [4.78, 5) is 31.0. The molecule has 3 aromatic carbocycles. The number of fused-ring (bicyclic) bond motifs is 1. The number of H-pyrrole nitrogens is 1. The number of ketones is 1. The van der Waals surface area contributed by atoms with E-state index in [4.69, 9.17) is 0 Å². The third kappa shape index (κ3) is 3.19. The molecule has 0 radical (unpaired) electrons. The molecule has 1 unspecified atom stereocenters. The van der Waals surface area contributed by atoms with Crippen LogP contribution in [-0.2, 0) is 9.59 Å². The number of aromatic hydroxyl groups is 1. The largest absolute Gasteiger partial charge is 0.507 e. The highest BCUT2D eigenvalue weighted by Crippen LogP contribution is 2.46. The highest BCUT2D eigenvalue weighted by molar-refractivity contribution is 6.52. The van der Waals surface area contributed by atoms with E-state index >= 15 is 0 Å². The molecule has 1 saturated heterocycles. The number of aliphatic hydroxyl groups is 1. The van der Waals surface area contributed by atoms with Gasteiger partial charge in [0.1, 0.15) is 11.5 Å². The van der Waals surface area contributed by atoms with Crippen molar-refractivity contribution >= 4 is 34.0 Å². The van der Waals surface area contributed by atoms with Crippen LogP contribution in [0.5, 0.6) is 5.75 Å². The summed E-state index contributed by atoms with van der Waals surface area (Å²) in [5.41, 5.74) is 4.13. The summed E-state index contributed by atoms with van der Waals surface area (Å²) in [7, 11) is 0. The van der Waals surface area contributed by atoms with E-state index in [9.17, 15) is 19.8 Å². The number of benzene rings is 3. The summed E-state index contributed by atoms with van der Waals surface area (Å²) in [5.74, 6) is -1.98. The number of Topliss-reactive ketones (excluding diaryl/α,β-unsaturated/α-hetero) is 1. The second-order valence-electron chi connectivity index (χ2n) is 8.25. The van der Waals surface area contributed by atoms with Crippen molar-refractivity contribution in [3.63, 3.8) is 0 Å². The first-order valence-corrected chi connectivity index (χ1v) is 10.6. The van der Waals surface area contributed by atoms with E-state index in [0.29, 0.717) is 11.1 Å². The maximum absolute atomic E-state index is 13.3. The molecule has 6 nitrogen and oxygen atoms in total. The monoisotopic (exact) mass is 438 g/mol. The number of aromatic amines is 1. The Hall–Kier alpha value is -4.32. The number of hydrogen-bond acceptors (Lipinski definition) is 4. The van der Waals surface area contributed by atoms with Crippen molar-refractivity contribution in [3.05, 3.63) is 101 Å². The Morgan fingerprint density at radius 2 is 1.67 bits per heavy atom. The Morgan fingerprint density at radius 1 is 0.939 bits per heavy atom. The fourth-order valence-corrected chi connectivity index (χ4v) is 4.41. The zero-order valence-electron chi connectivity index (χ0n) is 18.2. The number of aryl methyl sites for hydroxylation is 2. The Balaban J connectivity index is 1.80. The number of nitrogens with one attached hydrogen (secondary N) is 1. The number of aromatic nitrogens is 1. The molecule has 0 bridgehead atoms. The van der Waals surface area contributed by atoms with Gasteiger partial charge in [-0.05, 0) is 49.2 Å². The maximum atomic E-state index is 13.3. The number of carbonyl (C=O) groups excluding carboxylic acids is 2. The average molecular weight is 438 g/mol. The van der Waals surface area contributed by atoms with Crippen molar-refractivity contribution in [3.8, 4) is 5.75 Å². The van der Waals surface area contributed by atoms with Crippen LogP contribution in [0.25, 0.3) is 16.7 Å². The minimum atomic E-state index is -0.920. The fourth-order valence-electron chi connectivity index (χ4n) is 4.41. The molecular weight excluding hydrogens is 416 g/mol. The summed E-state index contributed by atoms with van der Waals surface area (Å²) in [6.45, 7) is 3.88. The first kappa shape index (κ1) is 20.6. The standard InChI is InChI=1S/C27H22N2O4/c1-15-11-12-17(13-16(15)2)25(31)23-24(19-14-28-20-8-4-3-7-18(19)20)29(27(33)26(23)32)21-9-5-6-10-22(21)30/h3-14,24,28,30-31H,1-2H3/b25-23+. The van der Waals surface area contributed by atoms with Crippen molar-refractivity contribution in [2.24, 2.45) is 0 Å². The molecule has 1 atom stereocenters. The van der Waals surface area contributed by atoms with Crippen molar-refractivity contribution < 1.29 is 19.8 Å². The number of hydrogen-bond donors (Lipinski definition) is 3. The molecule has 1 aliphatic rings. The fraction of sp³-hybridized carbons (Fsp3) is 0.111. The molecule has 33 heavy (non-hydrogen) atoms. The number of nitrogens with zero attached hydrogens (tertiary/aromatic N) is 1. The number of anilines is 1. The number of carbonyl (C=O) groups is 2. The van der Waals surface area contributed by atoms with Gasteiger partial charge in [-0.2, -0.15) is 0 Å². The topological polar surface area (TPSA) is 93.6 Å². The van der Waals surface area contributed by atoms with Gasteiger partial charge in [-0.15, -0.1) is 0 Å². The van der Waals surface area contributed by atoms with E-state index in [1.165, 1.54) is 11.0 Å². The molecule has 6 heteroatoms. The molecular formula is C27H22N2O4. The van der Waals surface area contributed by atoms with Crippen LogP contribution < -0.4 is 4.90 Å². The van der Waals surface area contributed by atoms with E-state index in [1.54, 1.807) is 36.5 Å². The lowest BCUT2D eigenvalue weighted by atomic mass is 9.94. The van der Waals surface area contributed by atoms with E-state index in [1.807, 2.05) is 44.2 Å². The number of phenolic OH excluding ortho intramolecular Hbond substituents is 1. The predicted molar refractivity (Wildman–Crippen MR) is 127 cm³/mol. The normalized spacial score (nSPS) is 17.8. The van der Waals surface area contributed by atoms with Gasteiger partial charge >= 0.3 is 0 Å². The van der Waals surface area contributed by atoms with Gasteiger partial charge in [-0.1, -0.05) is 42.5 Å². The van der Waals surface area contributed by atoms with Crippen LogP contribution in [0.15, 0.2) is 78.5 Å². The number of rotatable bonds is 3. The first-order chi connectivity index (χ1) is 15.9. The van der Waals surface area contributed by atoms with Crippen molar-refractivity contribution in [1.29, 1.82) is 0 Å². The Kier molecular flexibility index (Phi) is 4.78. The second kappa shape index (κ2) is 7.67. The summed E-state index contributed by atoms with van der Waals surface area (Å²) in [6.07, 6.45) is 1.74. The summed E-state index contributed by atoms with van der Waals surface area (Å²) >= 11 is 0. The van der Waals surface area contributed by atoms with E-state index in [0.717, 1.165) is 22.0 Å². The molecule has 5 rings (SSSR count). The lowest BCUT2D eigenvalue weighted by Crippen LogP contribution is -2.29. The number of para-hydroxylation sites is 3. The van der Waals surface area contributed by atoms with Gasteiger partial charge in [-0.3, -0.25) is 14.5 Å². The van der Waals surface area contributed by atoms with Gasteiger partial charge in [0.15, 0.2) is 0 Å². The molecule has 164 valence electrons. The lowest BCUT2D eigenvalue weighted by Gasteiger charge is -2.25. The molecule has 2 heterocycles. The van der Waals surface area contributed by atoms with Crippen LogP contribution in [0.4, 0.5) is 5.69 Å². The van der Waals surface area contributed by atoms with E-state index < -0.39 is 17.7 Å². The maximum Gasteiger partial charge on any atom is 0.300 e. The molecule has 1 aliphatic heterocycles. The second-order valence-corrected chi connectivity index (χ2v) is 8.25. The lowest BCUT2D eigenvalue weighted by molar-refractivity contribution is -0.132. The summed E-state index contributed by atoms with van der Waals surface area (Å²) in [5, 5.41) is 22.6. The summed E-state index contributed by atoms with van der Waals surface area (Å²) < 4.78 is 0. The third-order valence-corrected chi connectivity index (χ3v) is 6.28. The van der Waals surface area contributed by atoms with Gasteiger partial charge in [0.25, 0.3) is 11.7 Å². The molecule has 1 aromatic heterocycles. The Labute approximate surface area is 190 Å². The van der Waals surface area contributed by atoms with E-state index in [2.05, 4.69) is 4.98 Å². The van der Waals surface area contributed by atoms with Crippen LogP contribution in [0.3, 0.4) is 0 Å². The zero-order valence-corrected chi connectivity index (χ0v) is 18.2. The molecule has 0 spiro atoms. The van der Waals surface area contributed by atoms with Crippen LogP contribution in [0, 0.1) is 13.8 Å². The zero-order chi connectivity index (χ0) is 23.3. The first-order valence-electron chi connectivity index (χ1n) is 10.6. The Bertz CT molecular complexity index is 1460. The van der Waals surface area contributed by atoms with Gasteiger partial charge < -0.3 is 15.2 Å². The minimum absolute atomic E-state index is 0.0174. The van der Waals surface area contributed by atoms with Crippen LogP contribution in [0.1, 0.15) is 28.3 Å². The summed E-state index contributed by atoms with van der Waals surface area (Å²) in [6, 6.07) is 18.4. The Morgan fingerprint density at radius 3 is 2.42 bits per heavy atom. The van der Waals surface area contributed by atoms with Gasteiger partial charge in [0.05, 0.1) is 17.3 Å². The number of amides is 1. The minimum Gasteiger partial charge on any atom is -0.507 e. The van der Waals surface area contributed by atoms with E-state index in [-0.39, 0.29) is 22.8 Å².